The first-order valence-electron chi connectivity index (χ1n) is 25.3. The molecule has 0 bridgehead atoms. The molecule has 1 fully saturated rings. The second kappa shape index (κ2) is 33.2. The standard InChI is InChI=1S/C52H83NO12S/c1-4-7-10-11-12-13-14-15-16-19-28-44(62-46(55)29-22-20-26-42-35-31-40(32-36-42)24-17-8-5-2)51(57)53-48-50(49(65-66(59,60)61)45(39-54)63-52(48)58)64-47(56)30-23-21-27-43-37-33-41(34-38-43)25-18-9-6-3/h31-38,44-45,48-50,52,54,58H,4-30,39H2,1-3H3,(H,53,57)(H,59,60,61)/t44?,45-,48-,49-,50-,52?/m1/s1. The van der Waals surface area contributed by atoms with Crippen LogP contribution in [0.25, 0.3) is 0 Å². The van der Waals surface area contributed by atoms with Gasteiger partial charge in [-0.15, -0.1) is 0 Å². The van der Waals surface area contributed by atoms with Gasteiger partial charge in [-0.2, -0.15) is 8.42 Å². The van der Waals surface area contributed by atoms with Crippen LogP contribution in [0.2, 0.25) is 0 Å². The lowest BCUT2D eigenvalue weighted by molar-refractivity contribution is -0.254. The summed E-state index contributed by atoms with van der Waals surface area (Å²) in [6.45, 7) is 5.68. The van der Waals surface area contributed by atoms with Crippen molar-refractivity contribution in [2.24, 2.45) is 0 Å². The number of aryl methyl sites for hydroxylation is 4. The lowest BCUT2D eigenvalue weighted by atomic mass is 9.96. The molecular weight excluding hydrogens is 863 g/mol. The van der Waals surface area contributed by atoms with Crippen LogP contribution in [0, 0.1) is 0 Å². The zero-order valence-corrected chi connectivity index (χ0v) is 41.1. The van der Waals surface area contributed by atoms with E-state index in [1.165, 1.54) is 74.5 Å². The molecule has 2 aromatic rings. The quantitative estimate of drug-likeness (QED) is 0.0287. The molecule has 3 rings (SSSR count). The van der Waals surface area contributed by atoms with Gasteiger partial charge in [-0.25, -0.2) is 4.18 Å². The van der Waals surface area contributed by atoms with E-state index in [9.17, 15) is 37.6 Å². The first-order valence-corrected chi connectivity index (χ1v) is 26.7. The Hall–Kier alpha value is -3.40. The van der Waals surface area contributed by atoms with Crippen molar-refractivity contribution >= 4 is 28.2 Å². The molecule has 1 saturated heterocycles. The molecule has 6 atom stereocenters. The maximum Gasteiger partial charge on any atom is 0.397 e. The summed E-state index contributed by atoms with van der Waals surface area (Å²) in [6, 6.07) is 15.4. The van der Waals surface area contributed by atoms with E-state index in [0.29, 0.717) is 32.1 Å². The topological polar surface area (TPSA) is 195 Å². The van der Waals surface area contributed by atoms with Crippen molar-refractivity contribution in [1.29, 1.82) is 0 Å². The molecule has 2 unspecified atom stereocenters. The number of carbonyl (C=O) groups is 3. The molecule has 1 amide bonds. The van der Waals surface area contributed by atoms with Crippen molar-refractivity contribution in [2.75, 3.05) is 6.61 Å². The summed E-state index contributed by atoms with van der Waals surface area (Å²) in [6.07, 6.45) is 15.4. The number of carbonyl (C=O) groups excluding carboxylic acids is 3. The summed E-state index contributed by atoms with van der Waals surface area (Å²) in [5.74, 6) is -2.15. The molecule has 13 nitrogen and oxygen atoms in total. The number of aliphatic hydroxyl groups excluding tert-OH is 2. The third-order valence-electron chi connectivity index (χ3n) is 12.4. The fraction of sp³-hybridized carbons (Fsp3) is 0.712. The molecule has 14 heteroatoms. The van der Waals surface area contributed by atoms with Crippen LogP contribution >= 0.6 is 0 Å². The Morgan fingerprint density at radius 1 is 0.606 bits per heavy atom. The Labute approximate surface area is 396 Å². The Kier molecular flexibility index (Phi) is 28.6. The molecule has 0 radical (unpaired) electrons. The van der Waals surface area contributed by atoms with Gasteiger partial charge >= 0.3 is 22.3 Å². The summed E-state index contributed by atoms with van der Waals surface area (Å²) >= 11 is 0. The van der Waals surface area contributed by atoms with E-state index >= 15 is 0 Å². The van der Waals surface area contributed by atoms with Crippen LogP contribution < -0.4 is 5.32 Å². The number of hydrogen-bond acceptors (Lipinski definition) is 11. The predicted molar refractivity (Wildman–Crippen MR) is 257 cm³/mol. The van der Waals surface area contributed by atoms with Gasteiger partial charge in [-0.1, -0.05) is 153 Å². The second-order valence-electron chi connectivity index (χ2n) is 18.1. The van der Waals surface area contributed by atoms with E-state index in [2.05, 4.69) is 74.6 Å². The van der Waals surface area contributed by atoms with Crippen molar-refractivity contribution in [3.05, 3.63) is 70.8 Å². The minimum atomic E-state index is -5.21. The highest BCUT2D eigenvalue weighted by molar-refractivity contribution is 7.80. The lowest BCUT2D eigenvalue weighted by Gasteiger charge is -2.43. The minimum Gasteiger partial charge on any atom is -0.457 e. The molecule has 2 aromatic carbocycles. The number of esters is 2. The average molecular weight is 946 g/mol. The second-order valence-corrected chi connectivity index (χ2v) is 19.2. The highest BCUT2D eigenvalue weighted by Crippen LogP contribution is 2.28. The van der Waals surface area contributed by atoms with Crippen molar-refractivity contribution in [2.45, 2.75) is 231 Å². The van der Waals surface area contributed by atoms with Crippen LogP contribution in [0.15, 0.2) is 48.5 Å². The van der Waals surface area contributed by atoms with Gasteiger partial charge in [-0.05, 0) is 99.3 Å². The molecule has 1 heterocycles. The molecule has 0 aromatic heterocycles. The number of hydrogen-bond donors (Lipinski definition) is 4. The first-order chi connectivity index (χ1) is 31.9. The molecule has 1 aliphatic rings. The predicted octanol–water partition coefficient (Wildman–Crippen LogP) is 9.79. The fourth-order valence-electron chi connectivity index (χ4n) is 8.46. The van der Waals surface area contributed by atoms with Crippen LogP contribution in [0.1, 0.15) is 191 Å². The summed E-state index contributed by atoms with van der Waals surface area (Å²) in [5.41, 5.74) is 4.90. The van der Waals surface area contributed by atoms with Crippen LogP contribution in [0.3, 0.4) is 0 Å². The van der Waals surface area contributed by atoms with E-state index in [0.717, 1.165) is 69.8 Å². The highest BCUT2D eigenvalue weighted by Gasteiger charge is 2.51. The zero-order chi connectivity index (χ0) is 48.0. The van der Waals surface area contributed by atoms with Gasteiger partial charge in [0.05, 0.1) is 6.61 Å². The Balaban J connectivity index is 1.67. The maximum absolute atomic E-state index is 14.1. The molecule has 0 spiro atoms. The maximum atomic E-state index is 14.1. The van der Waals surface area contributed by atoms with Gasteiger partial charge < -0.3 is 29.7 Å². The third kappa shape index (κ3) is 23.6. The minimum absolute atomic E-state index is 0.0825. The van der Waals surface area contributed by atoms with Crippen LogP contribution in [-0.4, -0.2) is 84.4 Å². The number of rotatable bonds is 36. The van der Waals surface area contributed by atoms with Gasteiger partial charge in [0, 0.05) is 12.8 Å². The highest BCUT2D eigenvalue weighted by atomic mass is 32.3. The van der Waals surface area contributed by atoms with Gasteiger partial charge in [0.15, 0.2) is 18.5 Å². The van der Waals surface area contributed by atoms with Crippen molar-refractivity contribution in [1.82, 2.24) is 5.32 Å². The van der Waals surface area contributed by atoms with E-state index < -0.39 is 71.6 Å². The summed E-state index contributed by atoms with van der Waals surface area (Å²) in [4.78, 5) is 40.7. The smallest absolute Gasteiger partial charge is 0.397 e. The lowest BCUT2D eigenvalue weighted by Crippen LogP contribution is -2.67. The van der Waals surface area contributed by atoms with E-state index in [4.69, 9.17) is 18.4 Å². The summed E-state index contributed by atoms with van der Waals surface area (Å²) in [7, 11) is -5.21. The average Bonchev–Trinajstić information content (AvgIpc) is 3.29. The number of nitrogens with one attached hydrogen (secondary N) is 1. The number of ether oxygens (including phenoxy) is 3. The molecule has 374 valence electrons. The van der Waals surface area contributed by atoms with Crippen molar-refractivity contribution in [3.8, 4) is 0 Å². The van der Waals surface area contributed by atoms with Crippen LogP contribution in [0.5, 0.6) is 0 Å². The number of amides is 1. The first kappa shape index (κ1) is 56.9. The molecule has 4 N–H and O–H groups in total. The Bertz CT molecular complexity index is 1740. The fourth-order valence-corrected chi connectivity index (χ4v) is 8.98. The van der Waals surface area contributed by atoms with Crippen LogP contribution in [-0.2, 0) is 68.9 Å². The van der Waals surface area contributed by atoms with Crippen molar-refractivity contribution in [3.63, 3.8) is 0 Å². The SMILES string of the molecule is CCCCCCCCCCCCC(OC(=O)CCCCc1ccc(CCCCC)cc1)C(=O)N[C@H]1C(O)O[C@H](CO)[C@@H](OS(=O)(=O)O)[C@@H]1OC(=O)CCCCc1ccc(CCCCC)cc1. The normalized spacial score (nSPS) is 19.0. The van der Waals surface area contributed by atoms with E-state index in [-0.39, 0.29) is 19.3 Å². The molecule has 0 saturated carbocycles. The van der Waals surface area contributed by atoms with Gasteiger partial charge in [-0.3, -0.25) is 18.9 Å². The van der Waals surface area contributed by atoms with Crippen LogP contribution in [0.4, 0.5) is 0 Å². The molecular formula is C52H83NO12S. The Morgan fingerprint density at radius 2 is 1.02 bits per heavy atom. The number of unbranched alkanes of at least 4 members (excludes halogenated alkanes) is 15. The zero-order valence-electron chi connectivity index (χ0n) is 40.3. The van der Waals surface area contributed by atoms with E-state index in [1.54, 1.807) is 0 Å². The Morgan fingerprint density at radius 3 is 1.45 bits per heavy atom. The van der Waals surface area contributed by atoms with Gasteiger partial charge in [0.2, 0.25) is 0 Å². The molecule has 0 aliphatic carbocycles. The largest absolute Gasteiger partial charge is 0.457 e. The van der Waals surface area contributed by atoms with Crippen molar-refractivity contribution < 1.29 is 56.0 Å². The third-order valence-corrected chi connectivity index (χ3v) is 12.9. The molecule has 66 heavy (non-hydrogen) atoms. The summed E-state index contributed by atoms with van der Waals surface area (Å²) in [5, 5.41) is 23.8. The molecule has 1 aliphatic heterocycles. The van der Waals surface area contributed by atoms with E-state index in [1.807, 2.05) is 0 Å². The summed E-state index contributed by atoms with van der Waals surface area (Å²) < 4.78 is 55.6. The van der Waals surface area contributed by atoms with Gasteiger partial charge in [0.1, 0.15) is 18.2 Å². The number of benzene rings is 2. The number of aliphatic hydroxyl groups is 2. The monoisotopic (exact) mass is 946 g/mol. The van der Waals surface area contributed by atoms with Gasteiger partial charge in [0.25, 0.3) is 5.91 Å².